The van der Waals surface area contributed by atoms with Gasteiger partial charge in [0, 0.05) is 36.9 Å². The van der Waals surface area contributed by atoms with Gasteiger partial charge in [0.15, 0.2) is 17.5 Å². The molecule has 4 heteroatoms. The second-order valence-corrected chi connectivity index (χ2v) is 12.7. The number of fused-ring (bicyclic) bond motifs is 4. The van der Waals surface area contributed by atoms with Crippen molar-refractivity contribution in [3.63, 3.8) is 0 Å². The summed E-state index contributed by atoms with van der Waals surface area (Å²) in [5.41, 5.74) is 7.46. The molecule has 0 aliphatic rings. The van der Waals surface area contributed by atoms with Crippen LogP contribution in [0, 0.1) is 0 Å². The first-order valence-electron chi connectivity index (χ1n) is 15.7. The Morgan fingerprint density at radius 1 is 0.340 bits per heavy atom. The van der Waals surface area contributed by atoms with Gasteiger partial charge in [-0.25, -0.2) is 15.0 Å². The number of aromatic nitrogens is 3. The monoisotopic (exact) mass is 617 g/mol. The molecule has 2 aromatic heterocycles. The highest BCUT2D eigenvalue weighted by atomic mass is 32.1. The van der Waals surface area contributed by atoms with E-state index in [1.54, 1.807) is 11.3 Å². The number of rotatable bonds is 5. The van der Waals surface area contributed by atoms with E-state index in [-0.39, 0.29) is 0 Å². The first kappa shape index (κ1) is 27.3. The van der Waals surface area contributed by atoms with Crippen LogP contribution in [0.4, 0.5) is 0 Å². The van der Waals surface area contributed by atoms with E-state index in [4.69, 9.17) is 15.0 Å². The molecule has 0 aliphatic carbocycles. The van der Waals surface area contributed by atoms with E-state index in [9.17, 15) is 0 Å². The Hall–Kier alpha value is -5.97. The molecule has 2 heterocycles. The molecule has 0 amide bonds. The summed E-state index contributed by atoms with van der Waals surface area (Å²) in [6.07, 6.45) is 0. The molecule has 0 saturated heterocycles. The first-order chi connectivity index (χ1) is 23.3. The van der Waals surface area contributed by atoms with Crippen molar-refractivity contribution in [3.8, 4) is 56.4 Å². The zero-order valence-electron chi connectivity index (χ0n) is 25.3. The maximum absolute atomic E-state index is 5.17. The van der Waals surface area contributed by atoms with E-state index in [0.717, 1.165) is 38.9 Å². The lowest BCUT2D eigenvalue weighted by atomic mass is 9.99. The molecule has 0 radical (unpaired) electrons. The average Bonchev–Trinajstić information content (AvgIpc) is 3.54. The number of benzene rings is 7. The second-order valence-electron chi connectivity index (χ2n) is 11.7. The van der Waals surface area contributed by atoms with Crippen LogP contribution >= 0.6 is 11.3 Å². The van der Waals surface area contributed by atoms with Crippen molar-refractivity contribution in [1.29, 1.82) is 0 Å². The quantitative estimate of drug-likeness (QED) is 0.193. The SMILES string of the molecule is c1ccc(-c2cccc(-c3nc(-c4cccc(-c5ccc6ccccc6c5)c4)nc(-c4cccc5c4sc4ccccc45)n3)c2)cc1. The van der Waals surface area contributed by atoms with Crippen LogP contribution in [-0.4, -0.2) is 15.0 Å². The highest BCUT2D eigenvalue weighted by Gasteiger charge is 2.17. The van der Waals surface area contributed by atoms with E-state index >= 15 is 0 Å². The van der Waals surface area contributed by atoms with Crippen LogP contribution in [-0.2, 0) is 0 Å². The van der Waals surface area contributed by atoms with Gasteiger partial charge in [0.05, 0.1) is 0 Å². The Kier molecular flexibility index (Phi) is 6.65. The molecule has 0 N–H and O–H groups in total. The van der Waals surface area contributed by atoms with Crippen molar-refractivity contribution >= 4 is 42.3 Å². The van der Waals surface area contributed by atoms with Gasteiger partial charge >= 0.3 is 0 Å². The third-order valence-electron chi connectivity index (χ3n) is 8.71. The first-order valence-corrected chi connectivity index (χ1v) is 16.5. The highest BCUT2D eigenvalue weighted by Crippen LogP contribution is 2.40. The predicted molar refractivity (Wildman–Crippen MR) is 197 cm³/mol. The lowest BCUT2D eigenvalue weighted by Gasteiger charge is -2.11. The maximum atomic E-state index is 5.17. The minimum atomic E-state index is 0.649. The van der Waals surface area contributed by atoms with Crippen molar-refractivity contribution in [3.05, 3.63) is 164 Å². The fraction of sp³-hybridized carbons (Fsp3) is 0. The molecule has 9 rings (SSSR count). The molecule has 7 aromatic carbocycles. The van der Waals surface area contributed by atoms with E-state index in [1.807, 2.05) is 6.07 Å². The molecule has 47 heavy (non-hydrogen) atoms. The fourth-order valence-electron chi connectivity index (χ4n) is 6.35. The smallest absolute Gasteiger partial charge is 0.165 e. The van der Waals surface area contributed by atoms with Gasteiger partial charge in [-0.3, -0.25) is 0 Å². The van der Waals surface area contributed by atoms with Crippen LogP contribution in [0.1, 0.15) is 0 Å². The minimum absolute atomic E-state index is 0.649. The summed E-state index contributed by atoms with van der Waals surface area (Å²) in [6, 6.07) is 57.5. The van der Waals surface area contributed by atoms with E-state index < -0.39 is 0 Å². The Labute approximate surface area is 276 Å². The molecular weight excluding hydrogens is 591 g/mol. The molecule has 0 fully saturated rings. The summed E-state index contributed by atoms with van der Waals surface area (Å²) in [7, 11) is 0. The molecule has 0 bridgehead atoms. The summed E-state index contributed by atoms with van der Waals surface area (Å²) >= 11 is 1.79. The summed E-state index contributed by atoms with van der Waals surface area (Å²) in [6.45, 7) is 0. The third kappa shape index (κ3) is 5.05. The predicted octanol–water partition coefficient (Wildman–Crippen LogP) is 11.7. The van der Waals surface area contributed by atoms with E-state index in [1.165, 1.54) is 30.9 Å². The zero-order chi connectivity index (χ0) is 31.2. The average molecular weight is 618 g/mol. The summed E-state index contributed by atoms with van der Waals surface area (Å²) in [5.74, 6) is 1.97. The molecule has 0 atom stereocenters. The zero-order valence-corrected chi connectivity index (χ0v) is 26.2. The molecule has 0 spiro atoms. The summed E-state index contributed by atoms with van der Waals surface area (Å²) in [5, 5.41) is 4.92. The topological polar surface area (TPSA) is 38.7 Å². The molecule has 220 valence electrons. The lowest BCUT2D eigenvalue weighted by molar-refractivity contribution is 1.08. The van der Waals surface area contributed by atoms with Gasteiger partial charge < -0.3 is 0 Å². The van der Waals surface area contributed by atoms with Gasteiger partial charge in [0.25, 0.3) is 0 Å². The van der Waals surface area contributed by atoms with Crippen LogP contribution in [0.15, 0.2) is 164 Å². The van der Waals surface area contributed by atoms with Crippen molar-refractivity contribution in [2.24, 2.45) is 0 Å². The Morgan fingerprint density at radius 3 is 1.68 bits per heavy atom. The number of nitrogens with zero attached hydrogens (tertiary/aromatic N) is 3. The summed E-state index contributed by atoms with van der Waals surface area (Å²) < 4.78 is 2.43. The third-order valence-corrected chi connectivity index (χ3v) is 9.93. The van der Waals surface area contributed by atoms with Gasteiger partial charge in [-0.1, -0.05) is 133 Å². The van der Waals surface area contributed by atoms with E-state index in [0.29, 0.717) is 17.5 Å². The fourth-order valence-corrected chi connectivity index (χ4v) is 7.56. The molecule has 3 nitrogen and oxygen atoms in total. The number of thiophene rings is 1. The standard InChI is InChI=1S/C43H27N3S/c1-2-11-28(12-3-1)31-15-8-17-34(26-31)41-44-42(35-18-9-16-32(27-35)33-24-23-29-13-4-5-14-30(29)25-33)46-43(45-41)38-21-10-20-37-36-19-6-7-22-39(36)47-40(37)38/h1-27H. The van der Waals surface area contributed by atoms with Crippen LogP contribution < -0.4 is 0 Å². The number of hydrogen-bond acceptors (Lipinski definition) is 4. The minimum Gasteiger partial charge on any atom is -0.208 e. The van der Waals surface area contributed by atoms with Gasteiger partial charge in [0.1, 0.15) is 0 Å². The number of hydrogen-bond donors (Lipinski definition) is 0. The van der Waals surface area contributed by atoms with Crippen LogP contribution in [0.3, 0.4) is 0 Å². The largest absolute Gasteiger partial charge is 0.208 e. The van der Waals surface area contributed by atoms with Crippen molar-refractivity contribution in [2.45, 2.75) is 0 Å². The van der Waals surface area contributed by atoms with Gasteiger partial charge in [-0.05, 0) is 63.4 Å². The molecule has 0 unspecified atom stereocenters. The highest BCUT2D eigenvalue weighted by molar-refractivity contribution is 7.26. The molecule has 9 aromatic rings. The van der Waals surface area contributed by atoms with Gasteiger partial charge in [-0.15, -0.1) is 11.3 Å². The van der Waals surface area contributed by atoms with E-state index in [2.05, 4.69) is 158 Å². The molecular formula is C43H27N3S. The Balaban J connectivity index is 1.23. The van der Waals surface area contributed by atoms with Crippen LogP contribution in [0.25, 0.3) is 87.4 Å². The lowest BCUT2D eigenvalue weighted by Crippen LogP contribution is -2.00. The van der Waals surface area contributed by atoms with Crippen molar-refractivity contribution < 1.29 is 0 Å². The van der Waals surface area contributed by atoms with Crippen molar-refractivity contribution in [2.75, 3.05) is 0 Å². The van der Waals surface area contributed by atoms with Gasteiger partial charge in [-0.2, -0.15) is 0 Å². The second kappa shape index (κ2) is 11.4. The van der Waals surface area contributed by atoms with Gasteiger partial charge in [0.2, 0.25) is 0 Å². The normalized spacial score (nSPS) is 11.4. The molecule has 0 saturated carbocycles. The Morgan fingerprint density at radius 2 is 0.894 bits per heavy atom. The summed E-state index contributed by atoms with van der Waals surface area (Å²) in [4.78, 5) is 15.4. The van der Waals surface area contributed by atoms with Crippen molar-refractivity contribution in [1.82, 2.24) is 15.0 Å². The van der Waals surface area contributed by atoms with Crippen LogP contribution in [0.5, 0.6) is 0 Å². The van der Waals surface area contributed by atoms with Crippen LogP contribution in [0.2, 0.25) is 0 Å². The Bertz CT molecular complexity index is 2590. The molecule has 0 aliphatic heterocycles. The maximum Gasteiger partial charge on any atom is 0.165 e.